The van der Waals surface area contributed by atoms with Crippen molar-refractivity contribution in [1.82, 2.24) is 14.9 Å². The molecule has 2 aliphatic rings. The van der Waals surface area contributed by atoms with Gasteiger partial charge in [0.25, 0.3) is 5.56 Å². The number of methoxy groups -OCH3 is 1. The first-order valence-electron chi connectivity index (χ1n) is 13.1. The Morgan fingerprint density at radius 3 is 2.54 bits per heavy atom. The normalized spacial score (nSPS) is 17.4. The topological polar surface area (TPSA) is 92.4 Å². The number of morpholine rings is 1. The van der Waals surface area contributed by atoms with Crippen LogP contribution >= 0.6 is 0 Å². The van der Waals surface area contributed by atoms with Crippen LogP contribution in [0.15, 0.2) is 59.4 Å². The zero-order valence-electron chi connectivity index (χ0n) is 21.6. The Bertz CT molecular complexity index is 1630. The lowest BCUT2D eigenvalue weighted by atomic mass is 9.98. The number of nitrogens with one attached hydrogen (secondary N) is 1. The number of aromatic nitrogens is 2. The number of nitriles is 1. The minimum absolute atomic E-state index is 0.0932. The van der Waals surface area contributed by atoms with E-state index in [1.807, 2.05) is 24.3 Å². The van der Waals surface area contributed by atoms with E-state index in [1.165, 1.54) is 23.8 Å². The highest BCUT2D eigenvalue weighted by Gasteiger charge is 2.26. The smallest absolute Gasteiger partial charge is 0.266 e. The third kappa shape index (κ3) is 4.62. The Morgan fingerprint density at radius 2 is 1.87 bits per heavy atom. The number of halogens is 1. The van der Waals surface area contributed by atoms with Crippen LogP contribution in [0.3, 0.4) is 0 Å². The molecule has 0 amide bonds. The first kappa shape index (κ1) is 25.0. The van der Waals surface area contributed by atoms with Gasteiger partial charge in [0, 0.05) is 30.4 Å². The predicted molar refractivity (Wildman–Crippen MR) is 147 cm³/mol. The summed E-state index contributed by atoms with van der Waals surface area (Å²) in [6.45, 7) is 3.86. The lowest BCUT2D eigenvalue weighted by molar-refractivity contribution is 0.122. The summed E-state index contributed by atoms with van der Waals surface area (Å²) in [7, 11) is 1.40. The van der Waals surface area contributed by atoms with Gasteiger partial charge in [-0.2, -0.15) is 5.26 Å². The highest BCUT2D eigenvalue weighted by Crippen LogP contribution is 2.33. The maximum Gasteiger partial charge on any atom is 0.266 e. The maximum atomic E-state index is 14.7. The molecule has 9 heteroatoms. The number of nitrogens with zero attached hydrogens (tertiary/aromatic N) is 4. The zero-order chi connectivity index (χ0) is 26.9. The molecule has 0 saturated carbocycles. The van der Waals surface area contributed by atoms with Gasteiger partial charge in [0.05, 0.1) is 54.6 Å². The average molecular weight is 526 g/mol. The number of benzene rings is 3. The molecule has 8 nitrogen and oxygen atoms in total. The van der Waals surface area contributed by atoms with E-state index < -0.39 is 5.82 Å². The third-order valence-electron chi connectivity index (χ3n) is 7.45. The van der Waals surface area contributed by atoms with Gasteiger partial charge in [0.2, 0.25) is 0 Å². The van der Waals surface area contributed by atoms with Crippen LogP contribution in [-0.2, 0) is 4.74 Å². The van der Waals surface area contributed by atoms with Crippen molar-refractivity contribution in [3.8, 4) is 28.6 Å². The molecule has 1 atom stereocenters. The van der Waals surface area contributed by atoms with Crippen LogP contribution in [-0.4, -0.2) is 49.5 Å². The van der Waals surface area contributed by atoms with Crippen molar-refractivity contribution in [3.63, 3.8) is 0 Å². The van der Waals surface area contributed by atoms with Crippen LogP contribution in [0, 0.1) is 17.1 Å². The molecule has 2 fully saturated rings. The number of anilines is 1. The van der Waals surface area contributed by atoms with E-state index in [9.17, 15) is 14.4 Å². The summed E-state index contributed by atoms with van der Waals surface area (Å²) >= 11 is 0. The van der Waals surface area contributed by atoms with Gasteiger partial charge in [-0.05, 0) is 61.3 Å². The van der Waals surface area contributed by atoms with E-state index in [0.29, 0.717) is 46.8 Å². The number of hydrogen-bond acceptors (Lipinski definition) is 7. The van der Waals surface area contributed by atoms with Crippen LogP contribution < -0.4 is 20.5 Å². The van der Waals surface area contributed by atoms with E-state index in [-0.39, 0.29) is 17.4 Å². The minimum Gasteiger partial charge on any atom is -0.494 e. The lowest BCUT2D eigenvalue weighted by Crippen LogP contribution is -2.36. The van der Waals surface area contributed by atoms with Gasteiger partial charge in [0.15, 0.2) is 11.6 Å². The van der Waals surface area contributed by atoms with Gasteiger partial charge in [-0.1, -0.05) is 12.1 Å². The maximum absolute atomic E-state index is 14.7. The monoisotopic (exact) mass is 525 g/mol. The average Bonchev–Trinajstić information content (AvgIpc) is 3.52. The van der Waals surface area contributed by atoms with Crippen LogP contribution in [0.4, 0.5) is 10.1 Å². The van der Waals surface area contributed by atoms with Gasteiger partial charge in [0.1, 0.15) is 5.82 Å². The standard InChI is InChI=1S/C30H28FN5O3/c1-38-27-9-8-22(17-25(27)31)36-29(26-3-2-10-33-26)34-28-23(15-19(18-32)16-24(28)30(36)37)20-4-6-21(7-5-20)35-11-13-39-14-12-35/h4-9,15-17,26,33H,2-3,10-14H2,1H3. The summed E-state index contributed by atoms with van der Waals surface area (Å²) in [6.07, 6.45) is 1.75. The van der Waals surface area contributed by atoms with Crippen molar-refractivity contribution in [3.05, 3.63) is 82.2 Å². The van der Waals surface area contributed by atoms with Crippen molar-refractivity contribution in [2.45, 2.75) is 18.9 Å². The molecule has 6 rings (SSSR count). The number of fused-ring (bicyclic) bond motifs is 1. The molecule has 198 valence electrons. The Balaban J connectivity index is 1.55. The van der Waals surface area contributed by atoms with Crippen LogP contribution in [0.25, 0.3) is 27.7 Å². The molecule has 3 aromatic carbocycles. The molecule has 0 radical (unpaired) electrons. The molecule has 1 unspecified atom stereocenters. The molecule has 4 aromatic rings. The highest BCUT2D eigenvalue weighted by molar-refractivity contribution is 5.95. The fraction of sp³-hybridized carbons (Fsp3) is 0.300. The molecular formula is C30H28FN5O3. The first-order chi connectivity index (χ1) is 19.1. The molecule has 0 bridgehead atoms. The first-order valence-corrected chi connectivity index (χ1v) is 13.1. The third-order valence-corrected chi connectivity index (χ3v) is 7.45. The Kier molecular flexibility index (Phi) is 6.73. The van der Waals surface area contributed by atoms with Crippen LogP contribution in [0.5, 0.6) is 5.75 Å². The minimum atomic E-state index is -0.570. The predicted octanol–water partition coefficient (Wildman–Crippen LogP) is 4.33. The molecule has 0 aliphatic carbocycles. The molecule has 1 aromatic heterocycles. The van der Waals surface area contributed by atoms with E-state index in [2.05, 4.69) is 16.3 Å². The van der Waals surface area contributed by atoms with Crippen molar-refractivity contribution >= 4 is 16.6 Å². The second kappa shape index (κ2) is 10.5. The molecule has 3 heterocycles. The molecule has 0 spiro atoms. The number of hydrogen-bond donors (Lipinski definition) is 1. The highest BCUT2D eigenvalue weighted by atomic mass is 19.1. The summed E-state index contributed by atoms with van der Waals surface area (Å²) in [5.41, 5.74) is 3.55. The molecule has 2 aliphatic heterocycles. The van der Waals surface area contributed by atoms with Crippen molar-refractivity contribution in [2.75, 3.05) is 44.9 Å². The van der Waals surface area contributed by atoms with Gasteiger partial charge in [-0.15, -0.1) is 0 Å². The Hall–Kier alpha value is -4.26. The molecule has 1 N–H and O–H groups in total. The summed E-state index contributed by atoms with van der Waals surface area (Å²) in [5.74, 6) is 0.0419. The summed E-state index contributed by atoms with van der Waals surface area (Å²) in [5, 5.41) is 13.5. The Morgan fingerprint density at radius 1 is 1.10 bits per heavy atom. The molecular weight excluding hydrogens is 497 g/mol. The second-order valence-electron chi connectivity index (χ2n) is 9.76. The van der Waals surface area contributed by atoms with Gasteiger partial charge >= 0.3 is 0 Å². The van der Waals surface area contributed by atoms with Gasteiger partial charge in [-0.25, -0.2) is 9.37 Å². The molecule has 39 heavy (non-hydrogen) atoms. The largest absolute Gasteiger partial charge is 0.494 e. The summed E-state index contributed by atoms with van der Waals surface area (Å²) < 4.78 is 26.7. The van der Waals surface area contributed by atoms with Crippen molar-refractivity contribution in [1.29, 1.82) is 5.26 Å². The van der Waals surface area contributed by atoms with Crippen molar-refractivity contribution in [2.24, 2.45) is 0 Å². The summed E-state index contributed by atoms with van der Waals surface area (Å²) in [6, 6.07) is 17.9. The quantitative estimate of drug-likeness (QED) is 0.415. The lowest BCUT2D eigenvalue weighted by Gasteiger charge is -2.29. The van der Waals surface area contributed by atoms with Crippen LogP contribution in [0.2, 0.25) is 0 Å². The zero-order valence-corrected chi connectivity index (χ0v) is 21.6. The fourth-order valence-electron chi connectivity index (χ4n) is 5.45. The SMILES string of the molecule is COc1ccc(-n2c(C3CCCN3)nc3c(-c4ccc(N5CCOCC5)cc4)cc(C#N)cc3c2=O)cc1F. The fourth-order valence-corrected chi connectivity index (χ4v) is 5.45. The second-order valence-corrected chi connectivity index (χ2v) is 9.76. The van der Waals surface area contributed by atoms with Crippen molar-refractivity contribution < 1.29 is 13.9 Å². The van der Waals surface area contributed by atoms with Gasteiger partial charge in [-0.3, -0.25) is 9.36 Å². The van der Waals surface area contributed by atoms with Gasteiger partial charge < -0.3 is 19.7 Å². The van der Waals surface area contributed by atoms with Crippen LogP contribution in [0.1, 0.15) is 30.3 Å². The van der Waals surface area contributed by atoms with E-state index in [1.54, 1.807) is 18.2 Å². The number of rotatable bonds is 5. The van der Waals surface area contributed by atoms with E-state index >= 15 is 0 Å². The summed E-state index contributed by atoms with van der Waals surface area (Å²) in [4.78, 5) is 21.4. The van der Waals surface area contributed by atoms with E-state index in [0.717, 1.165) is 43.7 Å². The Labute approximate surface area is 225 Å². The molecule has 2 saturated heterocycles. The van der Waals surface area contributed by atoms with E-state index in [4.69, 9.17) is 14.5 Å². The number of ether oxygens (including phenoxy) is 2.